The van der Waals surface area contributed by atoms with Crippen LogP contribution in [-0.2, 0) is 21.3 Å². The van der Waals surface area contributed by atoms with E-state index < -0.39 is 23.2 Å². The Labute approximate surface area is 242 Å². The molecular weight excluding hydrogens is 569 g/mol. The van der Waals surface area contributed by atoms with Crippen molar-refractivity contribution in [2.24, 2.45) is 0 Å². The van der Waals surface area contributed by atoms with Crippen molar-refractivity contribution >= 4 is 23.2 Å². The van der Waals surface area contributed by atoms with Crippen LogP contribution < -0.4 is 29.2 Å². The van der Waals surface area contributed by atoms with Crippen molar-refractivity contribution in [2.45, 2.75) is 18.1 Å². The average Bonchev–Trinajstić information content (AvgIpc) is 3.49. The summed E-state index contributed by atoms with van der Waals surface area (Å²) in [7, 11) is 0. The number of β-lactam (4-membered cyclic amide) rings is 1. The van der Waals surface area contributed by atoms with Crippen molar-refractivity contribution in [3.05, 3.63) is 84.1 Å². The maximum atomic E-state index is 14.2. The van der Waals surface area contributed by atoms with Crippen LogP contribution in [0, 0.1) is 0 Å². The van der Waals surface area contributed by atoms with Crippen molar-refractivity contribution in [3.8, 4) is 34.3 Å². The van der Waals surface area contributed by atoms with Crippen LogP contribution in [-0.4, -0.2) is 38.2 Å². The first kappa shape index (κ1) is 26.7. The molecule has 1 N–H and O–H groups in total. The number of ether oxygens (including phenoxy) is 4. The zero-order valence-electron chi connectivity index (χ0n) is 22.4. The second-order valence-corrected chi connectivity index (χ2v) is 10.1. The second kappa shape index (κ2) is 10.0. The molecule has 1 saturated heterocycles. The number of amides is 2. The molecule has 3 aliphatic rings. The van der Waals surface area contributed by atoms with Crippen LogP contribution in [0.25, 0.3) is 11.3 Å². The number of benzene rings is 3. The molecule has 1 aromatic heterocycles. The van der Waals surface area contributed by atoms with Crippen LogP contribution in [0.3, 0.4) is 0 Å². The van der Waals surface area contributed by atoms with E-state index in [2.05, 4.69) is 5.32 Å². The molecule has 1 unspecified atom stereocenters. The molecule has 9 nitrogen and oxygen atoms in total. The summed E-state index contributed by atoms with van der Waals surface area (Å²) in [5, 5.41) is 2.86. The Bertz CT molecular complexity index is 1750. The highest BCUT2D eigenvalue weighted by Gasteiger charge is 2.61. The minimum Gasteiger partial charge on any atom is -0.486 e. The van der Waals surface area contributed by atoms with Gasteiger partial charge in [0.15, 0.2) is 28.5 Å². The van der Waals surface area contributed by atoms with Gasteiger partial charge in [-0.3, -0.25) is 14.5 Å². The minimum atomic E-state index is -4.55. The molecule has 0 bridgehead atoms. The number of hydrogen-bond donors (Lipinski definition) is 1. The Hall–Kier alpha value is -5.13. The second-order valence-electron chi connectivity index (χ2n) is 10.1. The molecule has 0 saturated carbocycles. The monoisotopic (exact) mass is 592 g/mol. The summed E-state index contributed by atoms with van der Waals surface area (Å²) < 4.78 is 68.8. The van der Waals surface area contributed by atoms with Gasteiger partial charge in [0.25, 0.3) is 5.91 Å². The third-order valence-corrected chi connectivity index (χ3v) is 7.49. The van der Waals surface area contributed by atoms with E-state index in [0.717, 1.165) is 12.1 Å². The van der Waals surface area contributed by atoms with Gasteiger partial charge in [-0.1, -0.05) is 12.1 Å². The molecule has 1 fully saturated rings. The van der Waals surface area contributed by atoms with E-state index in [0.29, 0.717) is 60.8 Å². The number of hydrogen-bond acceptors (Lipinski definition) is 7. The number of carbonyl (C=O) groups excluding carboxylic acids is 2. The van der Waals surface area contributed by atoms with Crippen molar-refractivity contribution in [2.75, 3.05) is 36.6 Å². The molecule has 0 radical (unpaired) electrons. The fourth-order valence-corrected chi connectivity index (χ4v) is 5.44. The molecule has 0 aliphatic carbocycles. The highest BCUT2D eigenvalue weighted by atomic mass is 19.4. The predicted octanol–water partition coefficient (Wildman–Crippen LogP) is 5.78. The van der Waals surface area contributed by atoms with E-state index in [9.17, 15) is 22.8 Å². The van der Waals surface area contributed by atoms with Gasteiger partial charge in [-0.25, -0.2) is 0 Å². The Morgan fingerprint density at radius 3 is 2.16 bits per heavy atom. The van der Waals surface area contributed by atoms with Gasteiger partial charge in [-0.05, 0) is 48.5 Å². The number of halogens is 3. The molecule has 1 atom stereocenters. The molecule has 4 heterocycles. The van der Waals surface area contributed by atoms with Gasteiger partial charge in [0, 0.05) is 29.1 Å². The molecule has 4 aromatic rings. The van der Waals surface area contributed by atoms with Crippen molar-refractivity contribution < 1.29 is 46.1 Å². The highest BCUT2D eigenvalue weighted by molar-refractivity contribution is 6.16. The average molecular weight is 593 g/mol. The smallest absolute Gasteiger partial charge is 0.416 e. The van der Waals surface area contributed by atoms with Gasteiger partial charge in [0.2, 0.25) is 5.91 Å². The third kappa shape index (κ3) is 4.59. The lowest BCUT2D eigenvalue weighted by Crippen LogP contribution is -2.67. The number of carbonyl (C=O) groups is 2. The fraction of sp³-hybridized carbons (Fsp3) is 0.226. The lowest BCUT2D eigenvalue weighted by molar-refractivity contribution is -0.138. The van der Waals surface area contributed by atoms with Crippen LogP contribution in [0.4, 0.5) is 24.5 Å². The summed E-state index contributed by atoms with van der Waals surface area (Å²) >= 11 is 0. The van der Waals surface area contributed by atoms with E-state index in [1.807, 2.05) is 0 Å². The summed E-state index contributed by atoms with van der Waals surface area (Å²) in [6, 6.07) is 17.5. The summed E-state index contributed by atoms with van der Waals surface area (Å²) in [5.41, 5.74) is -1.60. The molecule has 2 amide bonds. The topological polar surface area (TPSA) is 99.5 Å². The van der Waals surface area contributed by atoms with E-state index in [1.54, 1.807) is 36.4 Å². The first-order chi connectivity index (χ1) is 20.7. The molecule has 0 spiro atoms. The van der Waals surface area contributed by atoms with Crippen LogP contribution in [0.1, 0.15) is 17.7 Å². The van der Waals surface area contributed by atoms with E-state index >= 15 is 0 Å². The van der Waals surface area contributed by atoms with Gasteiger partial charge in [-0.2, -0.15) is 13.2 Å². The Kier molecular flexibility index (Phi) is 6.22. The highest BCUT2D eigenvalue weighted by Crippen LogP contribution is 2.49. The number of anilines is 2. The Morgan fingerprint density at radius 1 is 0.791 bits per heavy atom. The number of alkyl halides is 3. The Morgan fingerprint density at radius 2 is 1.47 bits per heavy atom. The maximum Gasteiger partial charge on any atom is 0.416 e. The molecule has 43 heavy (non-hydrogen) atoms. The summed E-state index contributed by atoms with van der Waals surface area (Å²) in [5.74, 6) is 1.12. The number of fused-ring (bicyclic) bond motifs is 2. The maximum absolute atomic E-state index is 14.2. The lowest BCUT2D eigenvalue weighted by Gasteiger charge is -2.49. The molecule has 7 rings (SSSR count). The molecule has 3 aromatic carbocycles. The molecule has 3 aliphatic heterocycles. The standard InChI is InChI=1S/C31H23F3N2O7/c32-31(33,34)19-3-1-2-18(14-19)22-8-9-27(43-22)30(29(38)35-20-4-6-23-25(15-20)41-12-10-39-23)17-28(37)36(30)21-5-7-24-26(16-21)42-13-11-40-24/h1-9,14-16H,10-13,17H2,(H,35,38). The van der Waals surface area contributed by atoms with Crippen LogP contribution in [0.5, 0.6) is 23.0 Å². The zero-order valence-corrected chi connectivity index (χ0v) is 22.4. The first-order valence-corrected chi connectivity index (χ1v) is 13.4. The van der Waals surface area contributed by atoms with Gasteiger partial charge >= 0.3 is 6.18 Å². The number of nitrogens with one attached hydrogen (secondary N) is 1. The van der Waals surface area contributed by atoms with Gasteiger partial charge < -0.3 is 28.7 Å². The van der Waals surface area contributed by atoms with E-state index in [4.69, 9.17) is 23.4 Å². The van der Waals surface area contributed by atoms with Crippen LogP contribution >= 0.6 is 0 Å². The fourth-order valence-electron chi connectivity index (χ4n) is 5.44. The van der Waals surface area contributed by atoms with Crippen LogP contribution in [0.2, 0.25) is 0 Å². The number of furan rings is 1. The van der Waals surface area contributed by atoms with Crippen molar-refractivity contribution in [1.29, 1.82) is 0 Å². The van der Waals surface area contributed by atoms with E-state index in [-0.39, 0.29) is 29.4 Å². The number of rotatable bonds is 5. The predicted molar refractivity (Wildman–Crippen MR) is 146 cm³/mol. The SMILES string of the molecule is O=C1CC(C(=O)Nc2ccc3c(c2)OCCO3)(c2ccc(-c3cccc(C(F)(F)F)c3)o2)N1c1ccc2c(c1)OCCO2. The molecule has 12 heteroatoms. The van der Waals surface area contributed by atoms with Crippen molar-refractivity contribution in [1.82, 2.24) is 0 Å². The van der Waals surface area contributed by atoms with E-state index in [1.165, 1.54) is 29.2 Å². The quantitative estimate of drug-likeness (QED) is 0.294. The van der Waals surface area contributed by atoms with Crippen molar-refractivity contribution in [3.63, 3.8) is 0 Å². The largest absolute Gasteiger partial charge is 0.486 e. The van der Waals surface area contributed by atoms with Gasteiger partial charge in [-0.15, -0.1) is 0 Å². The van der Waals surface area contributed by atoms with Crippen LogP contribution in [0.15, 0.2) is 77.2 Å². The third-order valence-electron chi connectivity index (χ3n) is 7.49. The Balaban J connectivity index is 1.29. The molecule has 220 valence electrons. The number of nitrogens with zero attached hydrogens (tertiary/aromatic N) is 1. The first-order valence-electron chi connectivity index (χ1n) is 13.4. The minimum absolute atomic E-state index is 0.0736. The molecular formula is C31H23F3N2O7. The lowest BCUT2D eigenvalue weighted by atomic mass is 9.79. The van der Waals surface area contributed by atoms with Gasteiger partial charge in [0.1, 0.15) is 37.9 Å². The summed E-state index contributed by atoms with van der Waals surface area (Å²) in [6.07, 6.45) is -4.81. The zero-order chi connectivity index (χ0) is 29.8. The summed E-state index contributed by atoms with van der Waals surface area (Å²) in [4.78, 5) is 28.7. The normalized spacial score (nSPS) is 19.0. The summed E-state index contributed by atoms with van der Waals surface area (Å²) in [6.45, 7) is 1.45. The van der Waals surface area contributed by atoms with Gasteiger partial charge in [0.05, 0.1) is 12.0 Å².